The molecule has 4 aromatic heterocycles. The minimum Gasteiger partial charge on any atom is -0.508 e. The number of phenolic OH excluding ortho intramolecular Hbond substituents is 1. The number of nitrogens with zero attached hydrogens (tertiary/aromatic N) is 14. The lowest BCUT2D eigenvalue weighted by molar-refractivity contribution is 0.239. The number of ether oxygens (including phenoxy) is 1. The van der Waals surface area contributed by atoms with E-state index in [1.54, 1.807) is 24.5 Å². The van der Waals surface area contributed by atoms with E-state index in [4.69, 9.17) is 16.3 Å². The maximum atomic E-state index is 9.50. The number of anilines is 2. The Morgan fingerprint density at radius 1 is 0.625 bits per heavy atom. The molecule has 0 aliphatic carbocycles. The molecule has 0 amide bonds. The average Bonchev–Trinajstić information content (AvgIpc) is 3.83. The van der Waals surface area contributed by atoms with Gasteiger partial charge in [0.05, 0.1) is 0 Å². The molecule has 0 unspecified atom stereocenters. The molecule has 0 bridgehead atoms. The first-order chi connectivity index (χ1) is 33.8. The van der Waals surface area contributed by atoms with Crippen molar-refractivity contribution >= 4 is 57.4 Å². The zero-order valence-electron chi connectivity index (χ0n) is 44.1. The number of hydrogen-bond acceptors (Lipinski definition) is 14. The first-order valence-electron chi connectivity index (χ1n) is 24.6. The summed E-state index contributed by atoms with van der Waals surface area (Å²) in [4.78, 5) is 31.3. The highest BCUT2D eigenvalue weighted by molar-refractivity contribution is 6.18. The van der Waals surface area contributed by atoms with Gasteiger partial charge in [-0.3, -0.25) is 9.80 Å². The van der Waals surface area contributed by atoms with E-state index in [2.05, 4.69) is 158 Å². The number of likely N-dealkylation sites (N-methyl/N-ethyl adjacent to an activating group) is 1. The molecule has 6 heterocycles. The summed E-state index contributed by atoms with van der Waals surface area (Å²) >= 11 is 5.35. The van der Waals surface area contributed by atoms with Gasteiger partial charge in [0, 0.05) is 143 Å². The summed E-state index contributed by atoms with van der Waals surface area (Å²) in [6.45, 7) is 27.1. The van der Waals surface area contributed by atoms with Crippen LogP contribution < -0.4 is 14.5 Å². The van der Waals surface area contributed by atoms with Crippen LogP contribution in [0.4, 0.5) is 11.4 Å². The van der Waals surface area contributed by atoms with Crippen LogP contribution in [0.2, 0.25) is 0 Å². The van der Waals surface area contributed by atoms with Crippen molar-refractivity contribution in [2.24, 2.45) is 10.8 Å². The normalized spacial score (nSPS) is 14.6. The van der Waals surface area contributed by atoms with Gasteiger partial charge in [-0.1, -0.05) is 41.5 Å². The Bertz CT molecular complexity index is 2700. The summed E-state index contributed by atoms with van der Waals surface area (Å²) in [5.41, 5.74) is 6.71. The number of aromatic nitrogens is 6. The summed E-state index contributed by atoms with van der Waals surface area (Å²) < 4.78 is 10.4. The van der Waals surface area contributed by atoms with Crippen LogP contribution in [0.15, 0.2) is 73.1 Å². The Kier molecular flexibility index (Phi) is 20.9. The SMILES string of the molecule is CC(C)(C)Cn1c(CN2CCN(c3ccc(O)cc3)CC2)cc2cnc(C#N)nc21.CN(C)CCCl.CN(C)CCOc1ccc(N2CCN(Cc3cc4cnc(C#N)nc4n3CC(C)(C)C)CC2)cc1.Cl. The largest absolute Gasteiger partial charge is 0.508 e. The third-order valence-electron chi connectivity index (χ3n) is 12.2. The molecule has 6 aromatic rings. The van der Waals surface area contributed by atoms with E-state index in [1.165, 1.54) is 17.1 Å². The zero-order valence-corrected chi connectivity index (χ0v) is 45.7. The highest BCUT2D eigenvalue weighted by Gasteiger charge is 2.25. The number of nitriles is 2. The van der Waals surface area contributed by atoms with Crippen molar-refractivity contribution in [3.63, 3.8) is 0 Å². The molecule has 8 rings (SSSR count). The van der Waals surface area contributed by atoms with Gasteiger partial charge >= 0.3 is 0 Å². The Morgan fingerprint density at radius 3 is 1.38 bits per heavy atom. The van der Waals surface area contributed by atoms with E-state index in [0.29, 0.717) is 12.4 Å². The van der Waals surface area contributed by atoms with Gasteiger partial charge < -0.3 is 38.6 Å². The van der Waals surface area contributed by atoms with Crippen molar-refractivity contribution in [3.05, 3.63) is 96.1 Å². The molecule has 0 radical (unpaired) electrons. The molecule has 388 valence electrons. The topological polar surface area (TPSA) is 158 Å². The Balaban J connectivity index is 0.000000239. The number of rotatable bonds is 14. The fourth-order valence-electron chi connectivity index (χ4n) is 8.58. The van der Waals surface area contributed by atoms with Gasteiger partial charge in [-0.05, 0) is 99.7 Å². The van der Waals surface area contributed by atoms with Crippen LogP contribution in [0.25, 0.3) is 22.1 Å². The summed E-state index contributed by atoms with van der Waals surface area (Å²) in [5, 5.41) is 30.0. The standard InChI is InChI=1S/C27H37N7O.C23H28N6O.C4H10ClN.ClH/c1-27(2,3)20-34-23(16-21-18-29-25(17-28)30-26(21)34)19-32-10-12-33(13-11-32)22-6-8-24(9-7-22)35-15-14-31(4)5;1-23(2,3)16-29-19(12-17-14-25-21(13-24)26-22(17)29)15-27-8-10-28(11-9-27)18-4-6-20(30)7-5-18;1-6(2)4-3-5;/h6-9,16,18H,10-15,19-20H2,1-5H3;4-7,12,14,30H,8-11,15-16H2,1-3H3;3-4H2,1-2H3;1H. The highest BCUT2D eigenvalue weighted by Crippen LogP contribution is 2.29. The van der Waals surface area contributed by atoms with E-state index in [9.17, 15) is 15.6 Å². The second-order valence-electron chi connectivity index (χ2n) is 21.4. The highest BCUT2D eigenvalue weighted by atomic mass is 35.5. The van der Waals surface area contributed by atoms with Crippen LogP contribution in [0.5, 0.6) is 11.5 Å². The van der Waals surface area contributed by atoms with Crippen LogP contribution in [0, 0.1) is 33.5 Å². The minimum atomic E-state index is 0. The van der Waals surface area contributed by atoms with Gasteiger partial charge in [-0.25, -0.2) is 19.9 Å². The molecule has 1 N–H and O–H groups in total. The van der Waals surface area contributed by atoms with Crippen molar-refractivity contribution in [1.82, 2.24) is 48.7 Å². The summed E-state index contributed by atoms with van der Waals surface area (Å²) in [6.07, 6.45) is 3.53. The monoisotopic (exact) mass is 1020 g/mol. The number of aromatic hydroxyl groups is 1. The molecule has 72 heavy (non-hydrogen) atoms. The van der Waals surface area contributed by atoms with E-state index in [-0.39, 0.29) is 34.9 Å². The number of phenols is 1. The molecule has 2 aliphatic rings. The van der Waals surface area contributed by atoms with Crippen LogP contribution in [-0.2, 0) is 26.2 Å². The molecule has 2 saturated heterocycles. The molecular formula is C54H76Cl2N14O2. The molecule has 2 aliphatic heterocycles. The summed E-state index contributed by atoms with van der Waals surface area (Å²) in [5.74, 6) is 2.38. The Hall–Kier alpha value is -5.72. The molecule has 16 nitrogen and oxygen atoms in total. The van der Waals surface area contributed by atoms with Crippen LogP contribution in [0.1, 0.15) is 64.6 Å². The van der Waals surface area contributed by atoms with Crippen LogP contribution in [0.3, 0.4) is 0 Å². The third-order valence-corrected chi connectivity index (χ3v) is 12.3. The quantitative estimate of drug-likeness (QED) is 0.104. The molecular weight excluding hydrogens is 948 g/mol. The van der Waals surface area contributed by atoms with Crippen molar-refractivity contribution < 1.29 is 9.84 Å². The van der Waals surface area contributed by atoms with Crippen molar-refractivity contribution in [1.29, 1.82) is 10.5 Å². The predicted octanol–water partition coefficient (Wildman–Crippen LogP) is 8.20. The molecule has 2 aromatic carbocycles. The summed E-state index contributed by atoms with van der Waals surface area (Å²) in [6, 6.07) is 24.4. The maximum Gasteiger partial charge on any atom is 0.234 e. The van der Waals surface area contributed by atoms with E-state index >= 15 is 0 Å². The number of alkyl halides is 1. The first kappa shape index (κ1) is 57.2. The average molecular weight is 1020 g/mol. The molecule has 0 atom stereocenters. The van der Waals surface area contributed by atoms with Crippen molar-refractivity contribution in [3.8, 4) is 23.6 Å². The molecule has 2 fully saturated rings. The lowest BCUT2D eigenvalue weighted by Crippen LogP contribution is -2.46. The molecule has 18 heteroatoms. The minimum absolute atomic E-state index is 0. The van der Waals surface area contributed by atoms with Crippen molar-refractivity contribution in [2.45, 2.75) is 67.7 Å². The number of halogens is 2. The first-order valence-corrected chi connectivity index (χ1v) is 25.2. The summed E-state index contributed by atoms with van der Waals surface area (Å²) in [7, 11) is 8.11. The lowest BCUT2D eigenvalue weighted by atomic mass is 9.97. The fraction of sp³-hybridized carbons (Fsp3) is 0.519. The fourth-order valence-corrected chi connectivity index (χ4v) is 8.91. The molecule has 0 spiro atoms. The maximum absolute atomic E-state index is 9.50. The smallest absolute Gasteiger partial charge is 0.234 e. The van der Waals surface area contributed by atoms with Gasteiger partial charge in [0.25, 0.3) is 0 Å². The zero-order chi connectivity index (χ0) is 51.3. The van der Waals surface area contributed by atoms with Crippen LogP contribution >= 0.6 is 24.0 Å². The predicted molar refractivity (Wildman–Crippen MR) is 293 cm³/mol. The van der Waals surface area contributed by atoms with Gasteiger partial charge in [0.15, 0.2) is 0 Å². The number of hydrogen-bond donors (Lipinski definition) is 1. The Labute approximate surface area is 438 Å². The second-order valence-corrected chi connectivity index (χ2v) is 21.8. The number of fused-ring (bicyclic) bond motifs is 2. The van der Waals surface area contributed by atoms with Crippen LogP contribution in [-0.4, -0.2) is 160 Å². The van der Waals surface area contributed by atoms with Gasteiger partial charge in [0.1, 0.15) is 41.5 Å². The van der Waals surface area contributed by atoms with Gasteiger partial charge in [-0.2, -0.15) is 10.5 Å². The van der Waals surface area contributed by atoms with Crippen molar-refractivity contribution in [2.75, 3.05) is 116 Å². The van der Waals surface area contributed by atoms with E-state index in [1.807, 2.05) is 31.1 Å². The van der Waals surface area contributed by atoms with E-state index in [0.717, 1.165) is 131 Å². The number of piperazine rings is 2. The third kappa shape index (κ3) is 16.9. The van der Waals surface area contributed by atoms with Gasteiger partial charge in [-0.15, -0.1) is 24.0 Å². The van der Waals surface area contributed by atoms with E-state index < -0.39 is 0 Å². The lowest BCUT2D eigenvalue weighted by Gasteiger charge is -2.36. The molecule has 0 saturated carbocycles. The number of benzene rings is 2. The van der Waals surface area contributed by atoms with Gasteiger partial charge in [0.2, 0.25) is 11.6 Å². The Morgan fingerprint density at radius 2 is 1.03 bits per heavy atom. The second kappa shape index (κ2) is 26.3.